The number of nitrogens with zero attached hydrogens (tertiary/aromatic N) is 1. The molecule has 1 aromatic carbocycles. The van der Waals surface area contributed by atoms with Crippen LogP contribution in [0.15, 0.2) is 30.3 Å². The van der Waals surface area contributed by atoms with Gasteiger partial charge in [0, 0.05) is 32.3 Å². The molecular weight excluding hydrogens is 304 g/mol. The Balaban J connectivity index is 1.87. The van der Waals surface area contributed by atoms with E-state index in [0.29, 0.717) is 13.1 Å². The average Bonchev–Trinajstić information content (AvgIpc) is 2.56. The highest BCUT2D eigenvalue weighted by Gasteiger charge is 2.23. The number of carbonyl (C=O) groups is 2. The summed E-state index contributed by atoms with van der Waals surface area (Å²) in [6.45, 7) is 5.43. The quantitative estimate of drug-likeness (QED) is 0.842. The Kier molecular flexibility index (Phi) is 6.55. The van der Waals surface area contributed by atoms with Crippen LogP contribution in [0.2, 0.25) is 0 Å². The molecule has 0 saturated carbocycles. The highest BCUT2D eigenvalue weighted by molar-refractivity contribution is 5.95. The minimum Gasteiger partial charge on any atom is -0.375 e. The van der Waals surface area contributed by atoms with Gasteiger partial charge in [0.1, 0.15) is 6.61 Å². The number of hydrogen-bond donors (Lipinski definition) is 1. The number of methoxy groups -OCH3 is 1. The minimum atomic E-state index is -0.0718. The first kappa shape index (κ1) is 18.2. The first-order chi connectivity index (χ1) is 11.5. The maximum absolute atomic E-state index is 12.2. The number of hydrogen-bond acceptors (Lipinski definition) is 3. The molecule has 1 fully saturated rings. The SMILES string of the molecule is COCC(=O)N1CCC(NC(=O)C=C(C)c2ccccc2C)CC1. The van der Waals surface area contributed by atoms with Crippen molar-refractivity contribution in [3.8, 4) is 0 Å². The van der Waals surface area contributed by atoms with Crippen LogP contribution in [0.5, 0.6) is 0 Å². The van der Waals surface area contributed by atoms with Gasteiger partial charge in [-0.15, -0.1) is 0 Å². The summed E-state index contributed by atoms with van der Waals surface area (Å²) in [5.41, 5.74) is 3.20. The second kappa shape index (κ2) is 8.64. The van der Waals surface area contributed by atoms with Crippen molar-refractivity contribution >= 4 is 17.4 Å². The zero-order valence-corrected chi connectivity index (χ0v) is 14.7. The Labute approximate surface area is 143 Å². The summed E-state index contributed by atoms with van der Waals surface area (Å²) in [4.78, 5) is 25.8. The Morgan fingerprint density at radius 3 is 2.58 bits per heavy atom. The molecular formula is C19H26N2O3. The van der Waals surface area contributed by atoms with Crippen LogP contribution in [0.25, 0.3) is 5.57 Å². The first-order valence-electron chi connectivity index (χ1n) is 8.32. The van der Waals surface area contributed by atoms with Gasteiger partial charge in [0.2, 0.25) is 11.8 Å². The monoisotopic (exact) mass is 330 g/mol. The first-order valence-corrected chi connectivity index (χ1v) is 8.32. The Hall–Kier alpha value is -2.14. The van der Waals surface area contributed by atoms with Crippen LogP contribution >= 0.6 is 0 Å². The number of nitrogens with one attached hydrogen (secondary N) is 1. The maximum atomic E-state index is 12.2. The van der Waals surface area contributed by atoms with Crippen LogP contribution in [-0.2, 0) is 14.3 Å². The lowest BCUT2D eigenvalue weighted by atomic mass is 10.0. The molecule has 0 aromatic heterocycles. The number of carbonyl (C=O) groups excluding carboxylic acids is 2. The number of ether oxygens (including phenoxy) is 1. The van der Waals surface area contributed by atoms with E-state index in [0.717, 1.165) is 29.5 Å². The Morgan fingerprint density at radius 1 is 1.29 bits per heavy atom. The summed E-state index contributed by atoms with van der Waals surface area (Å²) in [6, 6.07) is 8.14. The Bertz CT molecular complexity index is 617. The minimum absolute atomic E-state index is 0.0116. The normalized spacial score (nSPS) is 16.1. The molecule has 0 aliphatic carbocycles. The summed E-state index contributed by atoms with van der Waals surface area (Å²) in [6.07, 6.45) is 3.21. The lowest BCUT2D eigenvalue weighted by Gasteiger charge is -2.32. The van der Waals surface area contributed by atoms with E-state index in [4.69, 9.17) is 4.74 Å². The van der Waals surface area contributed by atoms with Crippen molar-refractivity contribution in [2.75, 3.05) is 26.8 Å². The standard InChI is InChI=1S/C19H26N2O3/c1-14-6-4-5-7-17(14)15(2)12-18(22)20-16-8-10-21(11-9-16)19(23)13-24-3/h4-7,12,16H,8-11,13H2,1-3H3,(H,20,22). The molecule has 0 spiro atoms. The van der Waals surface area contributed by atoms with Crippen molar-refractivity contribution in [3.05, 3.63) is 41.5 Å². The highest BCUT2D eigenvalue weighted by atomic mass is 16.5. The molecule has 24 heavy (non-hydrogen) atoms. The molecule has 0 unspecified atom stereocenters. The predicted molar refractivity (Wildman–Crippen MR) is 94.5 cm³/mol. The van der Waals surface area contributed by atoms with Gasteiger partial charge in [-0.05, 0) is 43.4 Å². The van der Waals surface area contributed by atoms with Gasteiger partial charge < -0.3 is 15.0 Å². The summed E-state index contributed by atoms with van der Waals surface area (Å²) >= 11 is 0. The van der Waals surface area contributed by atoms with Crippen molar-refractivity contribution in [1.82, 2.24) is 10.2 Å². The van der Waals surface area contributed by atoms with Crippen LogP contribution in [-0.4, -0.2) is 49.6 Å². The van der Waals surface area contributed by atoms with Crippen LogP contribution in [0.4, 0.5) is 0 Å². The third kappa shape index (κ3) is 4.93. The number of amides is 2. The molecule has 0 bridgehead atoms. The zero-order chi connectivity index (χ0) is 17.5. The fraction of sp³-hybridized carbons (Fsp3) is 0.474. The van der Waals surface area contributed by atoms with E-state index in [2.05, 4.69) is 5.32 Å². The lowest BCUT2D eigenvalue weighted by Crippen LogP contribution is -2.47. The molecule has 2 rings (SSSR count). The predicted octanol–water partition coefficient (Wildman–Crippen LogP) is 2.15. The van der Waals surface area contributed by atoms with Crippen molar-refractivity contribution < 1.29 is 14.3 Å². The van der Waals surface area contributed by atoms with E-state index in [1.165, 1.54) is 7.11 Å². The highest BCUT2D eigenvalue weighted by Crippen LogP contribution is 2.18. The smallest absolute Gasteiger partial charge is 0.248 e. The van der Waals surface area contributed by atoms with Crippen LogP contribution in [0, 0.1) is 6.92 Å². The second-order valence-electron chi connectivity index (χ2n) is 6.24. The molecule has 1 aromatic rings. The maximum Gasteiger partial charge on any atom is 0.248 e. The number of benzene rings is 1. The molecule has 5 heteroatoms. The molecule has 5 nitrogen and oxygen atoms in total. The molecule has 1 saturated heterocycles. The largest absolute Gasteiger partial charge is 0.375 e. The second-order valence-corrected chi connectivity index (χ2v) is 6.24. The van der Waals surface area contributed by atoms with Crippen molar-refractivity contribution in [3.63, 3.8) is 0 Å². The van der Waals surface area contributed by atoms with Crippen LogP contribution < -0.4 is 5.32 Å². The van der Waals surface area contributed by atoms with Crippen LogP contribution in [0.1, 0.15) is 30.9 Å². The molecule has 2 amide bonds. The number of allylic oxidation sites excluding steroid dienone is 1. The van der Waals surface area contributed by atoms with E-state index < -0.39 is 0 Å². The molecule has 0 radical (unpaired) electrons. The van der Waals surface area contributed by atoms with E-state index in [1.807, 2.05) is 38.1 Å². The summed E-state index contributed by atoms with van der Waals surface area (Å²) < 4.78 is 4.87. The average molecular weight is 330 g/mol. The molecule has 1 N–H and O–H groups in total. The molecule has 130 valence electrons. The summed E-state index contributed by atoms with van der Waals surface area (Å²) in [5, 5.41) is 3.05. The number of likely N-dealkylation sites (tertiary alicyclic amines) is 1. The lowest BCUT2D eigenvalue weighted by molar-refractivity contribution is -0.136. The summed E-state index contributed by atoms with van der Waals surface area (Å²) in [7, 11) is 1.52. The van der Waals surface area contributed by atoms with E-state index in [-0.39, 0.29) is 24.5 Å². The molecule has 1 heterocycles. The number of piperidine rings is 1. The Morgan fingerprint density at radius 2 is 1.96 bits per heavy atom. The topological polar surface area (TPSA) is 58.6 Å². The van der Waals surface area contributed by atoms with Gasteiger partial charge in [0.05, 0.1) is 0 Å². The van der Waals surface area contributed by atoms with Gasteiger partial charge in [-0.25, -0.2) is 0 Å². The zero-order valence-electron chi connectivity index (χ0n) is 14.7. The van der Waals surface area contributed by atoms with Crippen LogP contribution in [0.3, 0.4) is 0 Å². The van der Waals surface area contributed by atoms with Gasteiger partial charge in [0.25, 0.3) is 0 Å². The van der Waals surface area contributed by atoms with Crippen molar-refractivity contribution in [2.24, 2.45) is 0 Å². The molecule has 0 atom stereocenters. The third-order valence-corrected chi connectivity index (χ3v) is 4.38. The van der Waals surface area contributed by atoms with Crippen molar-refractivity contribution in [2.45, 2.75) is 32.7 Å². The van der Waals surface area contributed by atoms with Gasteiger partial charge in [-0.1, -0.05) is 24.3 Å². The number of aryl methyl sites for hydroxylation is 1. The fourth-order valence-electron chi connectivity index (χ4n) is 3.02. The molecule has 1 aliphatic rings. The summed E-state index contributed by atoms with van der Waals surface area (Å²) in [5.74, 6) is -0.0602. The van der Waals surface area contributed by atoms with Gasteiger partial charge >= 0.3 is 0 Å². The number of rotatable bonds is 5. The van der Waals surface area contributed by atoms with Gasteiger partial charge in [-0.2, -0.15) is 0 Å². The molecule has 1 aliphatic heterocycles. The third-order valence-electron chi connectivity index (χ3n) is 4.38. The van der Waals surface area contributed by atoms with E-state index >= 15 is 0 Å². The van der Waals surface area contributed by atoms with E-state index in [1.54, 1.807) is 11.0 Å². The fourth-order valence-corrected chi connectivity index (χ4v) is 3.02. The van der Waals surface area contributed by atoms with Crippen molar-refractivity contribution in [1.29, 1.82) is 0 Å². The van der Waals surface area contributed by atoms with Gasteiger partial charge in [-0.3, -0.25) is 9.59 Å². The van der Waals surface area contributed by atoms with E-state index in [9.17, 15) is 9.59 Å². The van der Waals surface area contributed by atoms with Gasteiger partial charge in [0.15, 0.2) is 0 Å².